The molecule has 1 unspecified atom stereocenters. The Morgan fingerprint density at radius 3 is 2.52 bits per heavy atom. The van der Waals surface area contributed by atoms with Crippen LogP contribution in [0.5, 0.6) is 0 Å². The molecule has 2 rings (SSSR count). The molecule has 0 bridgehead atoms. The van der Waals surface area contributed by atoms with Crippen molar-refractivity contribution in [3.63, 3.8) is 0 Å². The Morgan fingerprint density at radius 2 is 1.83 bits per heavy atom. The van der Waals surface area contributed by atoms with Gasteiger partial charge < -0.3 is 14.8 Å². The Labute approximate surface area is 136 Å². The number of benzene rings is 1. The minimum atomic E-state index is -0.291. The predicted molar refractivity (Wildman–Crippen MR) is 88.0 cm³/mol. The highest BCUT2D eigenvalue weighted by atomic mass is 16.5. The van der Waals surface area contributed by atoms with E-state index in [1.165, 1.54) is 0 Å². The van der Waals surface area contributed by atoms with Crippen molar-refractivity contribution < 1.29 is 14.3 Å². The Bertz CT molecular complexity index is 536. The van der Waals surface area contributed by atoms with E-state index in [2.05, 4.69) is 10.3 Å². The molecule has 23 heavy (non-hydrogen) atoms. The summed E-state index contributed by atoms with van der Waals surface area (Å²) in [6.07, 6.45) is 1.72. The number of nitrogens with one attached hydrogen (secondary N) is 1. The van der Waals surface area contributed by atoms with Crippen molar-refractivity contribution in [1.82, 2.24) is 10.3 Å². The molecule has 0 aliphatic rings. The maximum absolute atomic E-state index is 12.1. The maximum Gasteiger partial charge on any atom is 0.246 e. The summed E-state index contributed by atoms with van der Waals surface area (Å²) in [5.41, 5.74) is 1.77. The first-order valence-corrected chi connectivity index (χ1v) is 7.72. The molecule has 1 amide bonds. The first-order chi connectivity index (χ1) is 11.3. The van der Waals surface area contributed by atoms with Crippen molar-refractivity contribution in [2.45, 2.75) is 13.0 Å². The summed E-state index contributed by atoms with van der Waals surface area (Å²) in [6, 6.07) is 15.1. The molecule has 0 saturated carbocycles. The monoisotopic (exact) mass is 314 g/mol. The molecule has 1 aromatic heterocycles. The number of aromatic nitrogens is 1. The zero-order chi connectivity index (χ0) is 16.3. The third kappa shape index (κ3) is 5.81. The lowest BCUT2D eigenvalue weighted by atomic mass is 10.0. The van der Waals surface area contributed by atoms with Crippen LogP contribution in [0.4, 0.5) is 0 Å². The molecule has 5 nitrogen and oxygen atoms in total. The van der Waals surface area contributed by atoms with E-state index in [1.807, 2.05) is 55.5 Å². The highest BCUT2D eigenvalue weighted by Gasteiger charge is 2.17. The second-order valence-corrected chi connectivity index (χ2v) is 4.92. The van der Waals surface area contributed by atoms with Crippen LogP contribution in [0.3, 0.4) is 0 Å². The molecule has 1 heterocycles. The van der Waals surface area contributed by atoms with Crippen LogP contribution in [0.15, 0.2) is 54.7 Å². The maximum atomic E-state index is 12.1. The summed E-state index contributed by atoms with van der Waals surface area (Å²) in [6.45, 7) is 3.46. The van der Waals surface area contributed by atoms with Gasteiger partial charge in [0.15, 0.2) is 0 Å². The van der Waals surface area contributed by atoms with Crippen LogP contribution < -0.4 is 5.32 Å². The summed E-state index contributed by atoms with van der Waals surface area (Å²) >= 11 is 0. The quantitative estimate of drug-likeness (QED) is 0.722. The number of hydrogen-bond acceptors (Lipinski definition) is 4. The normalized spacial score (nSPS) is 11.9. The van der Waals surface area contributed by atoms with Crippen molar-refractivity contribution in [3.8, 4) is 0 Å². The highest BCUT2D eigenvalue weighted by Crippen LogP contribution is 2.19. The second kappa shape index (κ2) is 9.71. The average molecular weight is 314 g/mol. The molecule has 0 fully saturated rings. The van der Waals surface area contributed by atoms with E-state index in [-0.39, 0.29) is 18.6 Å². The molecule has 1 aromatic carbocycles. The minimum Gasteiger partial charge on any atom is -0.379 e. The Morgan fingerprint density at radius 1 is 1.09 bits per heavy atom. The fourth-order valence-corrected chi connectivity index (χ4v) is 2.15. The smallest absolute Gasteiger partial charge is 0.246 e. The molecule has 1 atom stereocenters. The molecule has 2 aromatic rings. The first kappa shape index (κ1) is 17.1. The number of carbonyl (C=O) groups excluding carboxylic acids is 1. The lowest BCUT2D eigenvalue weighted by Crippen LogP contribution is -2.33. The van der Waals surface area contributed by atoms with Gasteiger partial charge in [0, 0.05) is 12.8 Å². The van der Waals surface area contributed by atoms with Gasteiger partial charge in [0.05, 0.1) is 24.9 Å². The number of carbonyl (C=O) groups is 1. The third-order valence-electron chi connectivity index (χ3n) is 3.23. The van der Waals surface area contributed by atoms with Crippen molar-refractivity contribution in [3.05, 3.63) is 66.0 Å². The fraction of sp³-hybridized carbons (Fsp3) is 0.333. The van der Waals surface area contributed by atoms with Crippen molar-refractivity contribution >= 4 is 5.91 Å². The minimum absolute atomic E-state index is 0.00322. The van der Waals surface area contributed by atoms with Gasteiger partial charge in [-0.05, 0) is 24.6 Å². The SMILES string of the molecule is CCOCCOCC(=O)NC(c1ccccc1)c1ccccn1. The number of nitrogens with zero attached hydrogens (tertiary/aromatic N) is 1. The van der Waals surface area contributed by atoms with Gasteiger partial charge in [-0.1, -0.05) is 36.4 Å². The van der Waals surface area contributed by atoms with E-state index in [9.17, 15) is 4.79 Å². The molecule has 0 radical (unpaired) electrons. The number of pyridine rings is 1. The summed E-state index contributed by atoms with van der Waals surface area (Å²) in [4.78, 5) is 16.5. The summed E-state index contributed by atoms with van der Waals surface area (Å²) in [5, 5.41) is 2.97. The Balaban J connectivity index is 1.97. The first-order valence-electron chi connectivity index (χ1n) is 7.72. The molecule has 0 aliphatic carbocycles. The molecule has 1 N–H and O–H groups in total. The van der Waals surface area contributed by atoms with Crippen molar-refractivity contribution in [2.24, 2.45) is 0 Å². The Hall–Kier alpha value is -2.24. The summed E-state index contributed by atoms with van der Waals surface area (Å²) in [7, 11) is 0. The fourth-order valence-electron chi connectivity index (χ4n) is 2.15. The highest BCUT2D eigenvalue weighted by molar-refractivity contribution is 5.78. The molecular weight excluding hydrogens is 292 g/mol. The standard InChI is InChI=1S/C18H22N2O3/c1-2-22-12-13-23-14-17(21)20-18(15-8-4-3-5-9-15)16-10-6-7-11-19-16/h3-11,18H,2,12-14H2,1H3,(H,20,21). The number of amides is 1. The topological polar surface area (TPSA) is 60.5 Å². The van der Waals surface area contributed by atoms with Crippen LogP contribution in [0.1, 0.15) is 24.2 Å². The van der Waals surface area contributed by atoms with E-state index < -0.39 is 0 Å². The lowest BCUT2D eigenvalue weighted by Gasteiger charge is -2.19. The van der Waals surface area contributed by atoms with Gasteiger partial charge >= 0.3 is 0 Å². The zero-order valence-electron chi connectivity index (χ0n) is 13.3. The predicted octanol–water partition coefficient (Wildman–Crippen LogP) is 2.34. The molecule has 5 heteroatoms. The van der Waals surface area contributed by atoms with Gasteiger partial charge in [0.25, 0.3) is 0 Å². The van der Waals surface area contributed by atoms with Gasteiger partial charge in [-0.25, -0.2) is 0 Å². The van der Waals surface area contributed by atoms with Gasteiger partial charge in [0.1, 0.15) is 6.61 Å². The van der Waals surface area contributed by atoms with Crippen LogP contribution in [0.2, 0.25) is 0 Å². The van der Waals surface area contributed by atoms with E-state index >= 15 is 0 Å². The number of ether oxygens (including phenoxy) is 2. The van der Waals surface area contributed by atoms with E-state index in [0.717, 1.165) is 11.3 Å². The van der Waals surface area contributed by atoms with Gasteiger partial charge in [-0.3, -0.25) is 9.78 Å². The third-order valence-corrected chi connectivity index (χ3v) is 3.23. The van der Waals surface area contributed by atoms with Crippen LogP contribution in [-0.2, 0) is 14.3 Å². The average Bonchev–Trinajstić information content (AvgIpc) is 2.61. The van der Waals surface area contributed by atoms with Gasteiger partial charge in [-0.2, -0.15) is 0 Å². The lowest BCUT2D eigenvalue weighted by molar-refractivity contribution is -0.126. The van der Waals surface area contributed by atoms with Crippen molar-refractivity contribution in [1.29, 1.82) is 0 Å². The number of hydrogen-bond donors (Lipinski definition) is 1. The molecular formula is C18H22N2O3. The molecule has 0 spiro atoms. The van der Waals surface area contributed by atoms with Gasteiger partial charge in [0.2, 0.25) is 5.91 Å². The van der Waals surface area contributed by atoms with Crippen LogP contribution in [0, 0.1) is 0 Å². The van der Waals surface area contributed by atoms with Crippen LogP contribution in [0.25, 0.3) is 0 Å². The number of rotatable bonds is 9. The Kier molecular flexibility index (Phi) is 7.23. The second-order valence-electron chi connectivity index (χ2n) is 4.92. The summed E-state index contributed by atoms with van der Waals surface area (Å²) < 4.78 is 10.5. The summed E-state index contributed by atoms with van der Waals surface area (Å²) in [5.74, 6) is -0.180. The largest absolute Gasteiger partial charge is 0.379 e. The van der Waals surface area contributed by atoms with Crippen LogP contribution >= 0.6 is 0 Å². The zero-order valence-corrected chi connectivity index (χ0v) is 13.3. The van der Waals surface area contributed by atoms with E-state index in [1.54, 1.807) is 6.20 Å². The van der Waals surface area contributed by atoms with Crippen LogP contribution in [-0.4, -0.2) is 37.3 Å². The molecule has 122 valence electrons. The van der Waals surface area contributed by atoms with Crippen molar-refractivity contribution in [2.75, 3.05) is 26.4 Å². The molecule has 0 saturated heterocycles. The van der Waals surface area contributed by atoms with Gasteiger partial charge in [-0.15, -0.1) is 0 Å². The molecule has 0 aliphatic heterocycles. The van der Waals surface area contributed by atoms with E-state index in [0.29, 0.717) is 19.8 Å². The van der Waals surface area contributed by atoms with E-state index in [4.69, 9.17) is 9.47 Å².